The number of halogens is 3. The number of fused-ring (bicyclic) bond motifs is 3. The van der Waals surface area contributed by atoms with E-state index < -0.39 is 11.7 Å². The van der Waals surface area contributed by atoms with Crippen LogP contribution < -0.4 is 16.0 Å². The number of allylic oxidation sites excluding steroid dienone is 1. The Kier molecular flexibility index (Phi) is 10.2. The molecule has 4 aliphatic heterocycles. The van der Waals surface area contributed by atoms with Crippen LogP contribution >= 0.6 is 0 Å². The summed E-state index contributed by atoms with van der Waals surface area (Å²) in [4.78, 5) is 15.9. The number of hydrogen-bond donors (Lipinski definition) is 3. The summed E-state index contributed by atoms with van der Waals surface area (Å²) in [5, 5.41) is 9.60. The van der Waals surface area contributed by atoms with Gasteiger partial charge in [-0.1, -0.05) is 24.6 Å². The number of alkyl halides is 3. The van der Waals surface area contributed by atoms with Crippen LogP contribution in [0.25, 0.3) is 0 Å². The van der Waals surface area contributed by atoms with Gasteiger partial charge < -0.3 is 30.7 Å². The zero-order chi connectivity index (χ0) is 34.0. The molecule has 0 radical (unpaired) electrons. The van der Waals surface area contributed by atoms with E-state index in [9.17, 15) is 13.2 Å². The molecule has 5 heterocycles. The van der Waals surface area contributed by atoms with Crippen molar-refractivity contribution in [2.24, 2.45) is 5.92 Å². The molecular formula is C38H51F3N8. The highest BCUT2D eigenvalue weighted by atomic mass is 19.4. The van der Waals surface area contributed by atoms with Gasteiger partial charge in [0.1, 0.15) is 11.4 Å². The summed E-state index contributed by atoms with van der Waals surface area (Å²) >= 11 is 0. The van der Waals surface area contributed by atoms with E-state index in [4.69, 9.17) is 0 Å². The number of piperidine rings is 2. The quantitative estimate of drug-likeness (QED) is 0.189. The second-order valence-electron chi connectivity index (χ2n) is 14.9. The minimum absolute atomic E-state index is 0.173. The molecule has 1 aromatic heterocycles. The van der Waals surface area contributed by atoms with Crippen molar-refractivity contribution in [1.29, 1.82) is 0 Å². The van der Waals surface area contributed by atoms with Gasteiger partial charge in [0.15, 0.2) is 0 Å². The van der Waals surface area contributed by atoms with Crippen LogP contribution in [-0.4, -0.2) is 89.6 Å². The minimum atomic E-state index is -4.56. The van der Waals surface area contributed by atoms with Gasteiger partial charge in [-0.3, -0.25) is 0 Å². The first-order chi connectivity index (χ1) is 23.7. The van der Waals surface area contributed by atoms with Crippen molar-refractivity contribution in [3.63, 3.8) is 0 Å². The van der Waals surface area contributed by atoms with Crippen molar-refractivity contribution in [1.82, 2.24) is 30.0 Å². The molecule has 3 saturated heterocycles. The highest BCUT2D eigenvalue weighted by molar-refractivity contribution is 5.63. The fourth-order valence-electron chi connectivity index (χ4n) is 8.16. The molecule has 49 heavy (non-hydrogen) atoms. The Morgan fingerprint density at radius 3 is 2.55 bits per heavy atom. The Balaban J connectivity index is 0.987. The van der Waals surface area contributed by atoms with Crippen LogP contribution in [0.4, 0.5) is 30.6 Å². The van der Waals surface area contributed by atoms with Gasteiger partial charge in [-0.15, -0.1) is 0 Å². The molecule has 5 aliphatic rings. The molecule has 3 N–H and O–H groups in total. The maximum absolute atomic E-state index is 14.0. The molecule has 0 amide bonds. The van der Waals surface area contributed by atoms with E-state index in [1.807, 2.05) is 0 Å². The lowest BCUT2D eigenvalue weighted by atomic mass is 9.86. The van der Waals surface area contributed by atoms with E-state index in [2.05, 4.69) is 84.4 Å². The molecule has 4 fully saturated rings. The molecule has 1 aliphatic carbocycles. The van der Waals surface area contributed by atoms with Gasteiger partial charge in [-0.2, -0.15) is 18.2 Å². The topological polar surface area (TPSA) is 71.6 Å². The summed E-state index contributed by atoms with van der Waals surface area (Å²) in [6.07, 6.45) is 7.02. The van der Waals surface area contributed by atoms with Gasteiger partial charge in [0.2, 0.25) is 5.95 Å². The molecular weight excluding hydrogens is 625 g/mol. The summed E-state index contributed by atoms with van der Waals surface area (Å²) in [7, 11) is 2.22. The molecule has 2 bridgehead atoms. The summed E-state index contributed by atoms with van der Waals surface area (Å²) in [6, 6.07) is 10.7. The predicted molar refractivity (Wildman–Crippen MR) is 189 cm³/mol. The Hall–Kier alpha value is -3.49. The van der Waals surface area contributed by atoms with Gasteiger partial charge in [0.05, 0.1) is 6.04 Å². The lowest BCUT2D eigenvalue weighted by molar-refractivity contribution is -0.137. The number of benzene rings is 1. The summed E-state index contributed by atoms with van der Waals surface area (Å²) < 4.78 is 42.1. The Morgan fingerprint density at radius 2 is 1.80 bits per heavy atom. The number of aromatic nitrogens is 2. The van der Waals surface area contributed by atoms with Crippen LogP contribution in [0, 0.1) is 17.9 Å². The third kappa shape index (κ3) is 8.46. The van der Waals surface area contributed by atoms with E-state index in [-0.39, 0.29) is 17.8 Å². The van der Waals surface area contributed by atoms with E-state index in [0.717, 1.165) is 69.3 Å². The zero-order valence-corrected chi connectivity index (χ0v) is 28.8. The zero-order valence-electron chi connectivity index (χ0n) is 28.8. The van der Waals surface area contributed by atoms with E-state index in [0.29, 0.717) is 43.3 Å². The number of hydrogen-bond acceptors (Lipinski definition) is 8. The van der Waals surface area contributed by atoms with Crippen LogP contribution in [-0.2, 0) is 6.18 Å². The number of rotatable bonds is 10. The summed E-state index contributed by atoms with van der Waals surface area (Å²) in [6.45, 7) is 10.8. The van der Waals surface area contributed by atoms with Crippen LogP contribution in [0.3, 0.4) is 0 Å². The fourth-order valence-corrected chi connectivity index (χ4v) is 8.16. The second-order valence-corrected chi connectivity index (χ2v) is 14.9. The maximum Gasteiger partial charge on any atom is 0.421 e. The molecule has 1 saturated carbocycles. The van der Waals surface area contributed by atoms with Crippen molar-refractivity contribution < 1.29 is 13.2 Å². The van der Waals surface area contributed by atoms with Crippen molar-refractivity contribution in [2.75, 3.05) is 63.5 Å². The van der Waals surface area contributed by atoms with E-state index in [1.54, 1.807) is 0 Å². The van der Waals surface area contributed by atoms with Crippen molar-refractivity contribution in [3.05, 3.63) is 53.4 Å². The molecule has 0 spiro atoms. The number of anilines is 3. The third-order valence-electron chi connectivity index (χ3n) is 11.3. The molecule has 2 aromatic rings. The van der Waals surface area contributed by atoms with E-state index >= 15 is 0 Å². The van der Waals surface area contributed by atoms with Gasteiger partial charge in [0, 0.05) is 61.6 Å². The van der Waals surface area contributed by atoms with Crippen LogP contribution in [0.5, 0.6) is 0 Å². The molecule has 8 nitrogen and oxygen atoms in total. The second kappa shape index (κ2) is 14.8. The predicted octanol–water partition coefficient (Wildman–Crippen LogP) is 6.74. The summed E-state index contributed by atoms with van der Waals surface area (Å²) in [5.74, 6) is 4.57. The molecule has 2 unspecified atom stereocenters. The third-order valence-corrected chi connectivity index (χ3v) is 11.3. The molecule has 7 rings (SSSR count). The minimum Gasteiger partial charge on any atom is -0.373 e. The Morgan fingerprint density at radius 1 is 1.00 bits per heavy atom. The molecule has 11 heteroatoms. The number of likely N-dealkylation sites (tertiary alicyclic amines) is 3. The first-order valence-electron chi connectivity index (χ1n) is 18.4. The molecule has 2 atom stereocenters. The number of nitrogens with zero attached hydrogens (tertiary/aromatic N) is 5. The largest absolute Gasteiger partial charge is 0.421 e. The first-order valence-corrected chi connectivity index (χ1v) is 18.4. The van der Waals surface area contributed by atoms with Gasteiger partial charge >= 0.3 is 6.18 Å². The fraction of sp³-hybridized carbons (Fsp3) is 0.632. The average molecular weight is 677 g/mol. The lowest BCUT2D eigenvalue weighted by Gasteiger charge is -2.41. The van der Waals surface area contributed by atoms with Crippen molar-refractivity contribution in [2.45, 2.75) is 94.3 Å². The Labute approximate surface area is 289 Å². The van der Waals surface area contributed by atoms with Gasteiger partial charge in [-0.05, 0) is 120 Å². The molecule has 264 valence electrons. The molecule has 1 aromatic carbocycles. The average Bonchev–Trinajstić information content (AvgIpc) is 3.94. The van der Waals surface area contributed by atoms with Crippen LogP contribution in [0.15, 0.2) is 36.7 Å². The lowest BCUT2D eigenvalue weighted by Crippen LogP contribution is -2.46. The van der Waals surface area contributed by atoms with Crippen molar-refractivity contribution in [3.8, 4) is 12.0 Å². The number of nitrogens with one attached hydrogen (secondary N) is 3. The van der Waals surface area contributed by atoms with Crippen molar-refractivity contribution >= 4 is 17.5 Å². The van der Waals surface area contributed by atoms with Gasteiger partial charge in [-0.25, -0.2) is 4.98 Å². The van der Waals surface area contributed by atoms with Crippen LogP contribution in [0.1, 0.15) is 92.7 Å². The Bertz CT molecular complexity index is 1530. The van der Waals surface area contributed by atoms with E-state index in [1.165, 1.54) is 49.9 Å². The van der Waals surface area contributed by atoms with Crippen LogP contribution in [0.2, 0.25) is 0 Å². The first kappa shape index (κ1) is 34.0. The SMILES string of the molecule is C=C1CC2C#CNC(CC2)CN1CCCNc1nc(Nc2ccc(C3CCN(C4CCN(C)CC4)CC3)cc2C2CC2)ncc1C(F)(F)F. The monoisotopic (exact) mass is 676 g/mol. The van der Waals surface area contributed by atoms with Gasteiger partial charge in [0.25, 0.3) is 0 Å². The normalized spacial score (nSPS) is 24.4. The highest BCUT2D eigenvalue weighted by Crippen LogP contribution is 2.46. The maximum atomic E-state index is 14.0. The summed E-state index contributed by atoms with van der Waals surface area (Å²) in [5.41, 5.74) is 3.69. The highest BCUT2D eigenvalue weighted by Gasteiger charge is 2.36. The standard InChI is InChI=1S/C38H51F3N8/c1-26-22-27-4-8-31(42-16-10-27)25-49(26)17-3-15-43-36-34(38(39,40)41)24-44-37(46-36)45-35-9-7-30(23-33(35)29-5-6-29)28-11-20-48(21-12-28)32-13-18-47(2)19-14-32/h7,9,23-24,27-29,31-32,42H,1,3-6,8,11-15,17-22,25H2,2H3,(H2,43,44,45,46). The smallest absolute Gasteiger partial charge is 0.373 e.